The summed E-state index contributed by atoms with van der Waals surface area (Å²) in [4.78, 5) is 2.42. The Morgan fingerprint density at radius 1 is 1.38 bits per heavy atom. The molecule has 0 bridgehead atoms. The van der Waals surface area contributed by atoms with Crippen molar-refractivity contribution in [3.63, 3.8) is 0 Å². The minimum absolute atomic E-state index is 0.466. The quantitative estimate of drug-likeness (QED) is 0.672. The molecule has 96 valence electrons. The Morgan fingerprint density at radius 3 is 2.69 bits per heavy atom. The highest BCUT2D eigenvalue weighted by atomic mass is 16.5. The summed E-state index contributed by atoms with van der Waals surface area (Å²) >= 11 is 0. The van der Waals surface area contributed by atoms with Crippen molar-refractivity contribution in [3.05, 3.63) is 0 Å². The predicted molar refractivity (Wildman–Crippen MR) is 68.8 cm³/mol. The summed E-state index contributed by atoms with van der Waals surface area (Å²) in [5, 5.41) is 3.49. The fraction of sp³-hybridized carbons (Fsp3) is 1.00. The van der Waals surface area contributed by atoms with Gasteiger partial charge in [-0.25, -0.2) is 0 Å². The topological polar surface area (TPSA) is 24.5 Å². The van der Waals surface area contributed by atoms with Crippen LogP contribution >= 0.6 is 0 Å². The minimum atomic E-state index is 0.466. The van der Waals surface area contributed by atoms with Crippen molar-refractivity contribution in [2.24, 2.45) is 5.92 Å². The highest BCUT2D eigenvalue weighted by Crippen LogP contribution is 2.10. The van der Waals surface area contributed by atoms with Gasteiger partial charge in [0, 0.05) is 32.3 Å². The van der Waals surface area contributed by atoms with Gasteiger partial charge in [0.15, 0.2) is 0 Å². The van der Waals surface area contributed by atoms with E-state index in [1.54, 1.807) is 0 Å². The predicted octanol–water partition coefficient (Wildman–Crippen LogP) is 1.73. The van der Waals surface area contributed by atoms with Crippen molar-refractivity contribution in [2.45, 2.75) is 45.8 Å². The Kier molecular flexibility index (Phi) is 6.32. The molecule has 3 heteroatoms. The third kappa shape index (κ3) is 4.81. The molecule has 0 aromatic rings. The molecule has 0 aromatic heterocycles. The third-order valence-corrected chi connectivity index (χ3v) is 3.70. The van der Waals surface area contributed by atoms with Crippen molar-refractivity contribution in [2.75, 3.05) is 33.3 Å². The lowest BCUT2D eigenvalue weighted by Gasteiger charge is -2.28. The van der Waals surface area contributed by atoms with E-state index in [-0.39, 0.29) is 0 Å². The molecule has 0 aromatic carbocycles. The minimum Gasteiger partial charge on any atom is -0.377 e. The van der Waals surface area contributed by atoms with E-state index in [2.05, 4.69) is 38.0 Å². The number of rotatable bonds is 7. The van der Waals surface area contributed by atoms with Gasteiger partial charge in [0.1, 0.15) is 0 Å². The highest BCUT2D eigenvalue weighted by Gasteiger charge is 2.15. The summed E-state index contributed by atoms with van der Waals surface area (Å²) in [6.45, 7) is 11.0. The fourth-order valence-corrected chi connectivity index (χ4v) is 2.04. The van der Waals surface area contributed by atoms with Crippen molar-refractivity contribution < 1.29 is 4.74 Å². The van der Waals surface area contributed by atoms with Crippen LogP contribution in [0.5, 0.6) is 0 Å². The van der Waals surface area contributed by atoms with Gasteiger partial charge in [-0.15, -0.1) is 0 Å². The van der Waals surface area contributed by atoms with Gasteiger partial charge in [0.05, 0.1) is 6.10 Å². The molecule has 1 rings (SSSR count). The maximum atomic E-state index is 5.57. The standard InChI is InChI=1S/C13H28N2O/c1-11(2)12(3)15(4)8-7-14-10-13-6-5-9-16-13/h11-14H,5-10H2,1-4H3. The maximum Gasteiger partial charge on any atom is 0.0700 e. The Bertz CT molecular complexity index is 179. The average Bonchev–Trinajstić information content (AvgIpc) is 2.75. The summed E-state index contributed by atoms with van der Waals surface area (Å²) in [5.74, 6) is 0.725. The third-order valence-electron chi connectivity index (χ3n) is 3.70. The van der Waals surface area contributed by atoms with Crippen LogP contribution in [0.15, 0.2) is 0 Å². The van der Waals surface area contributed by atoms with Crippen LogP contribution in [0.2, 0.25) is 0 Å². The normalized spacial score (nSPS) is 23.2. The second-order valence-electron chi connectivity index (χ2n) is 5.30. The number of ether oxygens (including phenoxy) is 1. The molecule has 16 heavy (non-hydrogen) atoms. The van der Waals surface area contributed by atoms with Crippen molar-refractivity contribution in [3.8, 4) is 0 Å². The average molecular weight is 228 g/mol. The first kappa shape index (κ1) is 13.9. The Morgan fingerprint density at radius 2 is 2.12 bits per heavy atom. The van der Waals surface area contributed by atoms with E-state index in [0.29, 0.717) is 12.1 Å². The number of likely N-dealkylation sites (N-methyl/N-ethyl adjacent to an activating group) is 1. The maximum absolute atomic E-state index is 5.57. The lowest BCUT2D eigenvalue weighted by Crippen LogP contribution is -2.39. The molecule has 1 fully saturated rings. The molecule has 1 saturated heterocycles. The molecular weight excluding hydrogens is 200 g/mol. The molecule has 3 nitrogen and oxygen atoms in total. The van der Waals surface area contributed by atoms with E-state index in [0.717, 1.165) is 32.2 Å². The van der Waals surface area contributed by atoms with Crippen LogP contribution in [-0.2, 0) is 4.74 Å². The second-order valence-corrected chi connectivity index (χ2v) is 5.30. The van der Waals surface area contributed by atoms with Gasteiger partial charge < -0.3 is 15.0 Å². The van der Waals surface area contributed by atoms with Crippen LogP contribution < -0.4 is 5.32 Å². The molecule has 0 saturated carbocycles. The molecule has 0 amide bonds. The van der Waals surface area contributed by atoms with Crippen molar-refractivity contribution in [1.29, 1.82) is 0 Å². The number of hydrogen-bond donors (Lipinski definition) is 1. The van der Waals surface area contributed by atoms with Crippen LogP contribution in [0.1, 0.15) is 33.6 Å². The molecule has 1 heterocycles. The van der Waals surface area contributed by atoms with Gasteiger partial charge >= 0.3 is 0 Å². The van der Waals surface area contributed by atoms with Gasteiger partial charge in [-0.1, -0.05) is 13.8 Å². The fourth-order valence-electron chi connectivity index (χ4n) is 2.04. The van der Waals surface area contributed by atoms with E-state index in [9.17, 15) is 0 Å². The van der Waals surface area contributed by atoms with Crippen LogP contribution in [-0.4, -0.2) is 50.3 Å². The lowest BCUT2D eigenvalue weighted by atomic mass is 10.1. The van der Waals surface area contributed by atoms with Crippen molar-refractivity contribution >= 4 is 0 Å². The van der Waals surface area contributed by atoms with Gasteiger partial charge in [-0.2, -0.15) is 0 Å². The zero-order chi connectivity index (χ0) is 12.0. The molecule has 0 radical (unpaired) electrons. The second kappa shape index (κ2) is 7.25. The largest absolute Gasteiger partial charge is 0.377 e. The van der Waals surface area contributed by atoms with E-state index in [4.69, 9.17) is 4.74 Å². The van der Waals surface area contributed by atoms with E-state index in [1.165, 1.54) is 12.8 Å². The number of hydrogen-bond acceptors (Lipinski definition) is 3. The summed E-state index contributed by atoms with van der Waals surface area (Å²) in [6.07, 6.45) is 2.93. The SMILES string of the molecule is CC(C)C(C)N(C)CCNCC1CCCO1. The number of nitrogens with one attached hydrogen (secondary N) is 1. The van der Waals surface area contributed by atoms with E-state index in [1.807, 2.05) is 0 Å². The summed E-state index contributed by atoms with van der Waals surface area (Å²) in [7, 11) is 2.21. The van der Waals surface area contributed by atoms with Crippen molar-refractivity contribution in [1.82, 2.24) is 10.2 Å². The Labute approximate surface area is 101 Å². The molecule has 0 spiro atoms. The Hall–Kier alpha value is -0.120. The zero-order valence-electron chi connectivity index (χ0n) is 11.3. The molecule has 1 N–H and O–H groups in total. The first-order valence-electron chi connectivity index (χ1n) is 6.64. The van der Waals surface area contributed by atoms with Gasteiger partial charge in [-0.3, -0.25) is 0 Å². The zero-order valence-corrected chi connectivity index (χ0v) is 11.3. The van der Waals surface area contributed by atoms with Crippen LogP contribution in [0.4, 0.5) is 0 Å². The monoisotopic (exact) mass is 228 g/mol. The molecule has 2 unspecified atom stereocenters. The molecule has 1 aliphatic heterocycles. The summed E-state index contributed by atoms with van der Waals surface area (Å²) < 4.78 is 5.57. The first-order valence-corrected chi connectivity index (χ1v) is 6.64. The summed E-state index contributed by atoms with van der Waals surface area (Å²) in [5.41, 5.74) is 0. The summed E-state index contributed by atoms with van der Waals surface area (Å²) in [6, 6.07) is 0.657. The van der Waals surface area contributed by atoms with Gasteiger partial charge in [0.25, 0.3) is 0 Å². The smallest absolute Gasteiger partial charge is 0.0700 e. The highest BCUT2D eigenvalue weighted by molar-refractivity contribution is 4.70. The number of nitrogens with zero attached hydrogens (tertiary/aromatic N) is 1. The van der Waals surface area contributed by atoms with Crippen LogP contribution in [0.25, 0.3) is 0 Å². The molecule has 0 aliphatic carbocycles. The van der Waals surface area contributed by atoms with Crippen LogP contribution in [0.3, 0.4) is 0 Å². The van der Waals surface area contributed by atoms with E-state index >= 15 is 0 Å². The first-order chi connectivity index (χ1) is 7.61. The van der Waals surface area contributed by atoms with Gasteiger partial charge in [0.2, 0.25) is 0 Å². The molecule has 2 atom stereocenters. The van der Waals surface area contributed by atoms with Crippen LogP contribution in [0, 0.1) is 5.92 Å². The van der Waals surface area contributed by atoms with E-state index < -0.39 is 0 Å². The molecular formula is C13H28N2O. The Balaban J connectivity index is 2.01. The molecule has 1 aliphatic rings. The lowest BCUT2D eigenvalue weighted by molar-refractivity contribution is 0.109. The van der Waals surface area contributed by atoms with Gasteiger partial charge in [-0.05, 0) is 32.7 Å².